The molecule has 0 bridgehead atoms. The average Bonchev–Trinajstić information content (AvgIpc) is 3.53. The smallest absolute Gasteiger partial charge is 0.236 e. The normalized spacial score (nSPS) is 18.7. The van der Waals surface area contributed by atoms with Crippen LogP contribution in [0.4, 0.5) is 0 Å². The van der Waals surface area contributed by atoms with Gasteiger partial charge in [-0.1, -0.05) is 36.4 Å². The summed E-state index contributed by atoms with van der Waals surface area (Å²) >= 11 is 3.76. The molecule has 1 atom stereocenters. The van der Waals surface area contributed by atoms with Gasteiger partial charge in [-0.05, 0) is 67.2 Å². The second-order valence-electron chi connectivity index (χ2n) is 8.59. The Kier molecular flexibility index (Phi) is 5.05. The molecule has 158 valence electrons. The summed E-state index contributed by atoms with van der Waals surface area (Å²) in [6, 6.07) is 15.5. The number of thiophene rings is 2. The van der Waals surface area contributed by atoms with E-state index in [2.05, 4.69) is 71.0 Å². The fourth-order valence-corrected chi connectivity index (χ4v) is 7.39. The molecule has 0 saturated carbocycles. The summed E-state index contributed by atoms with van der Waals surface area (Å²) < 4.78 is 6.05. The van der Waals surface area contributed by atoms with E-state index in [-0.39, 0.29) is 0 Å². The quantitative estimate of drug-likeness (QED) is 0.345. The highest BCUT2D eigenvalue weighted by molar-refractivity contribution is 7.13. The highest BCUT2D eigenvalue weighted by atomic mass is 32.1. The first-order valence-electron chi connectivity index (χ1n) is 11.2. The van der Waals surface area contributed by atoms with E-state index in [1.165, 1.54) is 31.2 Å². The molecule has 1 aromatic carbocycles. The second kappa shape index (κ2) is 8.05. The summed E-state index contributed by atoms with van der Waals surface area (Å²) in [7, 11) is 0. The van der Waals surface area contributed by atoms with Crippen LogP contribution in [0.2, 0.25) is 0 Å². The second-order valence-corrected chi connectivity index (χ2v) is 10.7. The Bertz CT molecular complexity index is 1190. The number of aromatic nitrogens is 1. The van der Waals surface area contributed by atoms with E-state index < -0.39 is 0 Å². The highest BCUT2D eigenvalue weighted by Crippen LogP contribution is 2.45. The lowest BCUT2D eigenvalue weighted by atomic mass is 9.88. The Labute approximate surface area is 191 Å². The molecule has 1 aliphatic carbocycles. The zero-order valence-corrected chi connectivity index (χ0v) is 19.4. The van der Waals surface area contributed by atoms with Gasteiger partial charge in [-0.25, -0.2) is 4.98 Å². The van der Waals surface area contributed by atoms with Gasteiger partial charge in [-0.15, -0.1) is 22.7 Å². The summed E-state index contributed by atoms with van der Waals surface area (Å²) in [6.07, 6.45) is 6.38. The van der Waals surface area contributed by atoms with E-state index in [1.807, 2.05) is 0 Å². The fraction of sp³-hybridized carbons (Fsp3) is 0.346. The summed E-state index contributed by atoms with van der Waals surface area (Å²) in [5.41, 5.74) is 5.79. The number of rotatable bonds is 4. The van der Waals surface area contributed by atoms with Crippen LogP contribution < -0.4 is 0 Å². The van der Waals surface area contributed by atoms with Crippen molar-refractivity contribution in [2.45, 2.75) is 51.6 Å². The van der Waals surface area contributed by atoms with Crippen LogP contribution in [0.3, 0.4) is 0 Å². The largest absolute Gasteiger partial charge is 0.440 e. The van der Waals surface area contributed by atoms with E-state index in [9.17, 15) is 0 Å². The predicted molar refractivity (Wildman–Crippen MR) is 128 cm³/mol. The zero-order valence-electron chi connectivity index (χ0n) is 17.8. The predicted octanol–water partition coefficient (Wildman–Crippen LogP) is 6.80. The molecular formula is C26H26N2OS2. The summed E-state index contributed by atoms with van der Waals surface area (Å²) in [5, 5.41) is 2.07. The third-order valence-electron chi connectivity index (χ3n) is 6.67. The lowest BCUT2D eigenvalue weighted by Gasteiger charge is -2.36. The van der Waals surface area contributed by atoms with Crippen LogP contribution >= 0.6 is 22.7 Å². The molecule has 0 unspecified atom stereocenters. The fourth-order valence-electron chi connectivity index (χ4n) is 5.14. The third kappa shape index (κ3) is 3.49. The minimum Gasteiger partial charge on any atom is -0.440 e. The number of aryl methyl sites for hydroxylation is 2. The van der Waals surface area contributed by atoms with Gasteiger partial charge in [0.15, 0.2) is 0 Å². The van der Waals surface area contributed by atoms with Crippen molar-refractivity contribution in [2.75, 3.05) is 6.54 Å². The molecule has 5 heteroatoms. The van der Waals surface area contributed by atoms with Crippen molar-refractivity contribution in [3.05, 3.63) is 85.7 Å². The first-order chi connectivity index (χ1) is 15.3. The van der Waals surface area contributed by atoms with Crippen molar-refractivity contribution in [2.24, 2.45) is 0 Å². The number of oxazole rings is 1. The van der Waals surface area contributed by atoms with Gasteiger partial charge in [0, 0.05) is 22.8 Å². The van der Waals surface area contributed by atoms with Gasteiger partial charge >= 0.3 is 0 Å². The van der Waals surface area contributed by atoms with Gasteiger partial charge in [-0.3, -0.25) is 4.90 Å². The van der Waals surface area contributed by atoms with Gasteiger partial charge in [0.2, 0.25) is 5.89 Å². The molecule has 31 heavy (non-hydrogen) atoms. The van der Waals surface area contributed by atoms with Crippen LogP contribution in [0.15, 0.2) is 52.3 Å². The van der Waals surface area contributed by atoms with Crippen molar-refractivity contribution in [3.8, 4) is 10.8 Å². The minimum atomic E-state index is 0.307. The minimum absolute atomic E-state index is 0.307. The van der Waals surface area contributed by atoms with Gasteiger partial charge < -0.3 is 4.42 Å². The van der Waals surface area contributed by atoms with Crippen molar-refractivity contribution in [3.63, 3.8) is 0 Å². The number of hydrogen-bond donors (Lipinski definition) is 0. The molecular weight excluding hydrogens is 420 g/mol. The molecule has 3 nitrogen and oxygen atoms in total. The maximum atomic E-state index is 6.05. The molecule has 0 amide bonds. The standard InChI is InChI=1S/C26H26N2OS2/c1-17-21(27-26(29-17)23-12-7-15-30-23)16-28-14-13-20-19-10-5-6-11-22(19)31-25(20)24(28)18-8-3-2-4-9-18/h2-4,7-9,12,15,24H,5-6,10-11,13-14,16H2,1H3/t24-/m0/s1. The Balaban J connectivity index is 1.38. The first-order valence-corrected chi connectivity index (χ1v) is 12.9. The Morgan fingerprint density at radius 2 is 1.90 bits per heavy atom. The summed E-state index contributed by atoms with van der Waals surface area (Å²) in [4.78, 5) is 11.8. The SMILES string of the molecule is Cc1oc(-c2cccs2)nc1CN1CCc2c(sc3c2CCCC3)[C@@H]1c1ccccc1. The van der Waals surface area contributed by atoms with E-state index >= 15 is 0 Å². The monoisotopic (exact) mass is 446 g/mol. The van der Waals surface area contributed by atoms with Crippen molar-refractivity contribution >= 4 is 22.7 Å². The van der Waals surface area contributed by atoms with E-state index in [0.29, 0.717) is 6.04 Å². The van der Waals surface area contributed by atoms with Crippen molar-refractivity contribution < 1.29 is 4.42 Å². The molecule has 1 aliphatic heterocycles. The number of benzene rings is 1. The van der Waals surface area contributed by atoms with E-state index in [4.69, 9.17) is 9.40 Å². The molecule has 4 heterocycles. The van der Waals surface area contributed by atoms with Crippen LogP contribution in [0, 0.1) is 6.92 Å². The van der Waals surface area contributed by atoms with Crippen LogP contribution in [0.1, 0.15) is 56.8 Å². The average molecular weight is 447 g/mol. The molecule has 3 aromatic heterocycles. The van der Waals surface area contributed by atoms with Crippen LogP contribution in [0.5, 0.6) is 0 Å². The first kappa shape index (κ1) is 19.5. The topological polar surface area (TPSA) is 29.3 Å². The van der Waals surface area contributed by atoms with Crippen molar-refractivity contribution in [1.29, 1.82) is 0 Å². The van der Waals surface area contributed by atoms with Crippen LogP contribution in [-0.2, 0) is 25.8 Å². The maximum Gasteiger partial charge on any atom is 0.236 e. The van der Waals surface area contributed by atoms with Gasteiger partial charge in [0.25, 0.3) is 0 Å². The Hall–Kier alpha value is -2.21. The number of hydrogen-bond acceptors (Lipinski definition) is 5. The molecule has 0 spiro atoms. The lowest BCUT2D eigenvalue weighted by molar-refractivity contribution is 0.204. The molecule has 0 saturated heterocycles. The Morgan fingerprint density at radius 3 is 2.74 bits per heavy atom. The van der Waals surface area contributed by atoms with Crippen LogP contribution in [-0.4, -0.2) is 16.4 Å². The van der Waals surface area contributed by atoms with Gasteiger partial charge in [0.1, 0.15) is 5.76 Å². The maximum absolute atomic E-state index is 6.05. The molecule has 0 N–H and O–H groups in total. The van der Waals surface area contributed by atoms with Crippen molar-refractivity contribution in [1.82, 2.24) is 9.88 Å². The van der Waals surface area contributed by atoms with Gasteiger partial charge in [0.05, 0.1) is 16.6 Å². The molecule has 2 aliphatic rings. The van der Waals surface area contributed by atoms with E-state index in [1.54, 1.807) is 32.2 Å². The summed E-state index contributed by atoms with van der Waals surface area (Å²) in [6.45, 7) is 3.94. The number of nitrogens with zero attached hydrogens (tertiary/aromatic N) is 2. The van der Waals surface area contributed by atoms with E-state index in [0.717, 1.165) is 41.7 Å². The third-order valence-corrected chi connectivity index (χ3v) is 8.91. The summed E-state index contributed by atoms with van der Waals surface area (Å²) in [5.74, 6) is 1.69. The highest BCUT2D eigenvalue weighted by Gasteiger charge is 2.34. The zero-order chi connectivity index (χ0) is 20.8. The molecule has 0 radical (unpaired) electrons. The van der Waals surface area contributed by atoms with Gasteiger partial charge in [-0.2, -0.15) is 0 Å². The van der Waals surface area contributed by atoms with Crippen LogP contribution in [0.25, 0.3) is 10.8 Å². The lowest BCUT2D eigenvalue weighted by Crippen LogP contribution is -2.35. The molecule has 4 aromatic rings. The Morgan fingerprint density at radius 1 is 1.03 bits per heavy atom. The molecule has 6 rings (SSSR count). The number of fused-ring (bicyclic) bond motifs is 3. The molecule has 0 fully saturated rings.